The van der Waals surface area contributed by atoms with Gasteiger partial charge >= 0.3 is 0 Å². The SMILES string of the molecule is CN=C(NCc1ccc(OC)c(OC)c1)NC1CCS(=O)(=O)C1. The van der Waals surface area contributed by atoms with Crippen molar-refractivity contribution in [3.8, 4) is 11.5 Å². The van der Waals surface area contributed by atoms with Gasteiger partial charge in [0.2, 0.25) is 0 Å². The molecule has 0 saturated carbocycles. The smallest absolute Gasteiger partial charge is 0.191 e. The molecule has 1 fully saturated rings. The third-order valence-corrected chi connectivity index (χ3v) is 5.47. The summed E-state index contributed by atoms with van der Waals surface area (Å²) in [6.45, 7) is 0.541. The summed E-state index contributed by atoms with van der Waals surface area (Å²) in [5, 5.41) is 6.32. The standard InChI is InChI=1S/C15H23N3O4S/c1-16-15(18-12-6-7-23(19,20)10-12)17-9-11-4-5-13(21-2)14(8-11)22-3/h4-5,8,12H,6-7,9-10H2,1-3H3,(H2,16,17,18). The number of sulfone groups is 1. The summed E-state index contributed by atoms with van der Waals surface area (Å²) in [5.74, 6) is 2.31. The van der Waals surface area contributed by atoms with Crippen molar-refractivity contribution in [3.05, 3.63) is 23.8 Å². The summed E-state index contributed by atoms with van der Waals surface area (Å²) in [6, 6.07) is 5.58. The maximum atomic E-state index is 11.5. The Morgan fingerprint density at radius 3 is 2.61 bits per heavy atom. The molecule has 0 radical (unpaired) electrons. The van der Waals surface area contributed by atoms with E-state index in [9.17, 15) is 8.42 Å². The summed E-state index contributed by atoms with van der Waals surface area (Å²) in [6.07, 6.45) is 0.611. The van der Waals surface area contributed by atoms with Crippen molar-refractivity contribution in [2.24, 2.45) is 4.99 Å². The van der Waals surface area contributed by atoms with Gasteiger partial charge in [-0.2, -0.15) is 0 Å². The molecule has 1 unspecified atom stereocenters. The van der Waals surface area contributed by atoms with Crippen LogP contribution in [0.25, 0.3) is 0 Å². The van der Waals surface area contributed by atoms with Gasteiger partial charge in [-0.05, 0) is 24.1 Å². The van der Waals surface area contributed by atoms with Crippen LogP contribution in [0.2, 0.25) is 0 Å². The molecule has 1 aromatic carbocycles. The van der Waals surface area contributed by atoms with Crippen molar-refractivity contribution in [3.63, 3.8) is 0 Å². The average molecular weight is 341 g/mol. The second-order valence-corrected chi connectivity index (χ2v) is 7.59. The molecule has 1 heterocycles. The summed E-state index contributed by atoms with van der Waals surface area (Å²) in [7, 11) is 1.94. The Kier molecular flexibility index (Phi) is 5.70. The van der Waals surface area contributed by atoms with Crippen LogP contribution < -0.4 is 20.1 Å². The van der Waals surface area contributed by atoms with E-state index in [2.05, 4.69) is 15.6 Å². The first-order valence-corrected chi connectivity index (χ1v) is 9.18. The Bertz CT molecular complexity index is 673. The number of benzene rings is 1. The van der Waals surface area contributed by atoms with Crippen LogP contribution in [0.1, 0.15) is 12.0 Å². The van der Waals surface area contributed by atoms with Gasteiger partial charge in [0.15, 0.2) is 27.3 Å². The average Bonchev–Trinajstić information content (AvgIpc) is 2.89. The number of guanidine groups is 1. The highest BCUT2D eigenvalue weighted by molar-refractivity contribution is 7.91. The molecule has 7 nitrogen and oxygen atoms in total. The lowest BCUT2D eigenvalue weighted by molar-refractivity contribution is 0.354. The molecule has 8 heteroatoms. The summed E-state index contributed by atoms with van der Waals surface area (Å²) in [4.78, 5) is 4.13. The first-order chi connectivity index (χ1) is 11.0. The fraction of sp³-hybridized carbons (Fsp3) is 0.533. The van der Waals surface area contributed by atoms with Crippen molar-refractivity contribution in [2.45, 2.75) is 19.0 Å². The maximum Gasteiger partial charge on any atom is 0.191 e. The predicted molar refractivity (Wildman–Crippen MR) is 89.9 cm³/mol. The molecule has 1 saturated heterocycles. The van der Waals surface area contributed by atoms with E-state index >= 15 is 0 Å². The first kappa shape index (κ1) is 17.4. The van der Waals surface area contributed by atoms with Gasteiger partial charge < -0.3 is 20.1 Å². The van der Waals surface area contributed by atoms with E-state index in [1.165, 1.54) is 0 Å². The van der Waals surface area contributed by atoms with E-state index < -0.39 is 9.84 Å². The van der Waals surface area contributed by atoms with Gasteiger partial charge in [0.1, 0.15) is 0 Å². The monoisotopic (exact) mass is 341 g/mol. The fourth-order valence-electron chi connectivity index (χ4n) is 2.47. The number of hydrogen-bond donors (Lipinski definition) is 2. The molecule has 128 valence electrons. The molecular formula is C15H23N3O4S. The molecule has 0 bridgehead atoms. The number of ether oxygens (including phenoxy) is 2. The Morgan fingerprint density at radius 2 is 2.04 bits per heavy atom. The zero-order chi connectivity index (χ0) is 16.9. The van der Waals surface area contributed by atoms with Crippen molar-refractivity contribution in [2.75, 3.05) is 32.8 Å². The summed E-state index contributed by atoms with van der Waals surface area (Å²) >= 11 is 0. The van der Waals surface area contributed by atoms with Gasteiger partial charge in [-0.25, -0.2) is 8.42 Å². The van der Waals surface area contributed by atoms with E-state index in [4.69, 9.17) is 9.47 Å². The third-order valence-electron chi connectivity index (χ3n) is 3.70. The number of hydrogen-bond acceptors (Lipinski definition) is 5. The fourth-order valence-corrected chi connectivity index (χ4v) is 4.15. The van der Waals surface area contributed by atoms with Crippen LogP contribution >= 0.6 is 0 Å². The van der Waals surface area contributed by atoms with Crippen LogP contribution in [-0.4, -0.2) is 53.2 Å². The van der Waals surface area contributed by atoms with Crippen molar-refractivity contribution in [1.29, 1.82) is 0 Å². The van der Waals surface area contributed by atoms with Gasteiger partial charge in [0, 0.05) is 19.6 Å². The zero-order valence-corrected chi connectivity index (χ0v) is 14.4. The van der Waals surface area contributed by atoms with Crippen LogP contribution in [0.4, 0.5) is 0 Å². The largest absolute Gasteiger partial charge is 0.493 e. The molecule has 2 rings (SSSR count). The van der Waals surface area contributed by atoms with Gasteiger partial charge in [-0.1, -0.05) is 6.07 Å². The highest BCUT2D eigenvalue weighted by atomic mass is 32.2. The molecule has 2 N–H and O–H groups in total. The van der Waals surface area contributed by atoms with E-state index in [1.54, 1.807) is 21.3 Å². The minimum Gasteiger partial charge on any atom is -0.493 e. The lowest BCUT2D eigenvalue weighted by Gasteiger charge is -2.16. The molecule has 1 aliphatic rings. The summed E-state index contributed by atoms with van der Waals surface area (Å²) < 4.78 is 33.5. The number of aliphatic imine (C=N–C) groups is 1. The minimum atomic E-state index is -2.91. The first-order valence-electron chi connectivity index (χ1n) is 7.36. The van der Waals surface area contributed by atoms with E-state index in [0.717, 1.165) is 5.56 Å². The van der Waals surface area contributed by atoms with Crippen LogP contribution in [0, 0.1) is 0 Å². The van der Waals surface area contributed by atoms with Gasteiger partial charge in [-0.15, -0.1) is 0 Å². The molecule has 1 aromatic rings. The highest BCUT2D eigenvalue weighted by Crippen LogP contribution is 2.27. The molecular weight excluding hydrogens is 318 g/mol. The topological polar surface area (TPSA) is 89.0 Å². The van der Waals surface area contributed by atoms with Crippen LogP contribution in [0.5, 0.6) is 11.5 Å². The number of nitrogens with zero attached hydrogens (tertiary/aromatic N) is 1. The van der Waals surface area contributed by atoms with Gasteiger partial charge in [0.05, 0.1) is 25.7 Å². The Balaban J connectivity index is 1.93. The van der Waals surface area contributed by atoms with Gasteiger partial charge in [0.25, 0.3) is 0 Å². The minimum absolute atomic E-state index is 0.0865. The van der Waals surface area contributed by atoms with E-state index in [-0.39, 0.29) is 17.5 Å². The van der Waals surface area contributed by atoms with Crippen molar-refractivity contribution < 1.29 is 17.9 Å². The molecule has 0 aliphatic carbocycles. The molecule has 1 atom stereocenters. The molecule has 23 heavy (non-hydrogen) atoms. The number of nitrogens with one attached hydrogen (secondary N) is 2. The molecule has 0 amide bonds. The zero-order valence-electron chi connectivity index (χ0n) is 13.6. The Morgan fingerprint density at radius 1 is 1.30 bits per heavy atom. The Hall–Kier alpha value is -1.96. The normalized spacial score (nSPS) is 20.1. The highest BCUT2D eigenvalue weighted by Gasteiger charge is 2.28. The van der Waals surface area contributed by atoms with Gasteiger partial charge in [-0.3, -0.25) is 4.99 Å². The van der Waals surface area contributed by atoms with Crippen LogP contribution in [0.15, 0.2) is 23.2 Å². The van der Waals surface area contributed by atoms with Crippen LogP contribution in [0.3, 0.4) is 0 Å². The quantitative estimate of drug-likeness (QED) is 0.601. The van der Waals surface area contributed by atoms with E-state index in [0.29, 0.717) is 30.4 Å². The predicted octanol–water partition coefficient (Wildman–Crippen LogP) is 0.556. The lowest BCUT2D eigenvalue weighted by atomic mass is 10.2. The second kappa shape index (κ2) is 7.54. The number of rotatable bonds is 5. The number of methoxy groups -OCH3 is 2. The van der Waals surface area contributed by atoms with Crippen molar-refractivity contribution >= 4 is 15.8 Å². The Labute approximate surface area is 137 Å². The van der Waals surface area contributed by atoms with E-state index in [1.807, 2.05) is 18.2 Å². The van der Waals surface area contributed by atoms with Crippen molar-refractivity contribution in [1.82, 2.24) is 10.6 Å². The van der Waals surface area contributed by atoms with Crippen LogP contribution in [-0.2, 0) is 16.4 Å². The summed E-state index contributed by atoms with van der Waals surface area (Å²) in [5.41, 5.74) is 1.00. The molecule has 0 aromatic heterocycles. The molecule has 1 aliphatic heterocycles. The second-order valence-electron chi connectivity index (χ2n) is 5.36. The molecule has 0 spiro atoms. The third kappa shape index (κ3) is 4.75. The maximum absolute atomic E-state index is 11.5. The lowest BCUT2D eigenvalue weighted by Crippen LogP contribution is -2.43.